The number of rotatable bonds is 4. The Kier molecular flexibility index (Phi) is 5.31. The van der Waals surface area contributed by atoms with Gasteiger partial charge in [-0.3, -0.25) is 9.59 Å². The third kappa shape index (κ3) is 3.94. The third-order valence-electron chi connectivity index (χ3n) is 3.09. The van der Waals surface area contributed by atoms with Crippen molar-refractivity contribution in [3.63, 3.8) is 0 Å². The number of quaternary nitrogens is 1. The summed E-state index contributed by atoms with van der Waals surface area (Å²) in [6.07, 6.45) is 4.72. The quantitative estimate of drug-likeness (QED) is 0.629. The summed E-state index contributed by atoms with van der Waals surface area (Å²) in [7, 11) is 1.79. The molecule has 1 amide bonds. The van der Waals surface area contributed by atoms with E-state index in [4.69, 9.17) is 0 Å². The van der Waals surface area contributed by atoms with Crippen LogP contribution in [0.15, 0.2) is 12.3 Å². The third-order valence-corrected chi connectivity index (χ3v) is 3.09. The lowest BCUT2D eigenvalue weighted by Gasteiger charge is -2.24. The standard InChI is InChI=1S/C12H21N3O2/c1-9-3-4-11(14-2)12(17)15(7-9)8-10(16)5-6-13/h5-6,9,11,14H,3-4,7-8,13H2,1-2H3/p+1. The van der Waals surface area contributed by atoms with Crippen LogP contribution in [0.25, 0.3) is 0 Å². The number of hydrogen-bond acceptors (Lipinski definition) is 3. The molecule has 4 N–H and O–H groups in total. The van der Waals surface area contributed by atoms with Crippen molar-refractivity contribution in [2.75, 3.05) is 20.1 Å². The average molecular weight is 240 g/mol. The molecule has 0 aromatic heterocycles. The largest absolute Gasteiger partial charge is 0.333 e. The summed E-state index contributed by atoms with van der Waals surface area (Å²) in [4.78, 5) is 25.3. The van der Waals surface area contributed by atoms with E-state index in [0.29, 0.717) is 12.5 Å². The summed E-state index contributed by atoms with van der Waals surface area (Å²) >= 11 is 0. The number of carbonyl (C=O) groups is 2. The number of hydrogen-bond donors (Lipinski definition) is 2. The van der Waals surface area contributed by atoms with Crippen molar-refractivity contribution in [1.82, 2.24) is 10.2 Å². The van der Waals surface area contributed by atoms with Gasteiger partial charge in [0.15, 0.2) is 5.78 Å². The highest BCUT2D eigenvalue weighted by Crippen LogP contribution is 2.17. The van der Waals surface area contributed by atoms with Crippen LogP contribution in [0.5, 0.6) is 0 Å². The Hall–Kier alpha value is -1.20. The van der Waals surface area contributed by atoms with Gasteiger partial charge in [0.25, 0.3) is 0 Å². The number of likely N-dealkylation sites (N-methyl/N-ethyl adjacent to an activating group) is 1. The van der Waals surface area contributed by atoms with Crippen molar-refractivity contribution in [1.29, 1.82) is 0 Å². The van der Waals surface area contributed by atoms with E-state index in [0.717, 1.165) is 12.8 Å². The lowest BCUT2D eigenvalue weighted by molar-refractivity contribution is -0.274. The van der Waals surface area contributed by atoms with E-state index in [1.165, 1.54) is 12.3 Å². The molecule has 2 unspecified atom stereocenters. The van der Waals surface area contributed by atoms with Gasteiger partial charge in [0.05, 0.1) is 18.8 Å². The Balaban J connectivity index is 2.72. The van der Waals surface area contributed by atoms with Gasteiger partial charge in [0, 0.05) is 12.6 Å². The van der Waals surface area contributed by atoms with E-state index in [2.05, 4.69) is 18.0 Å². The van der Waals surface area contributed by atoms with Crippen LogP contribution in [0.1, 0.15) is 19.8 Å². The highest BCUT2D eigenvalue weighted by molar-refractivity contribution is 5.94. The van der Waals surface area contributed by atoms with Gasteiger partial charge >= 0.3 is 0 Å². The first-order valence-corrected chi connectivity index (χ1v) is 6.03. The Morgan fingerprint density at radius 1 is 1.59 bits per heavy atom. The minimum atomic E-state index is -0.156. The van der Waals surface area contributed by atoms with E-state index in [1.54, 1.807) is 11.9 Å². The van der Waals surface area contributed by atoms with Gasteiger partial charge in [0.2, 0.25) is 5.91 Å². The second-order valence-corrected chi connectivity index (χ2v) is 4.61. The highest BCUT2D eigenvalue weighted by Gasteiger charge is 2.29. The van der Waals surface area contributed by atoms with Crippen molar-refractivity contribution in [2.24, 2.45) is 5.92 Å². The van der Waals surface area contributed by atoms with Crippen LogP contribution in [-0.2, 0) is 9.59 Å². The van der Waals surface area contributed by atoms with Crippen LogP contribution in [-0.4, -0.2) is 42.8 Å². The molecule has 1 saturated heterocycles. The molecule has 1 rings (SSSR count). The van der Waals surface area contributed by atoms with Gasteiger partial charge in [-0.15, -0.1) is 0 Å². The van der Waals surface area contributed by atoms with Crippen molar-refractivity contribution in [2.45, 2.75) is 25.8 Å². The molecule has 5 nitrogen and oxygen atoms in total. The topological polar surface area (TPSA) is 77.1 Å². The SMILES string of the molecule is CNC1CCC(C)CN(CC(=O)C=C[NH3+])C1=O. The van der Waals surface area contributed by atoms with E-state index in [9.17, 15) is 9.59 Å². The lowest BCUT2D eigenvalue weighted by Crippen LogP contribution is -2.46. The van der Waals surface area contributed by atoms with Gasteiger partial charge in [-0.25, -0.2) is 0 Å². The van der Waals surface area contributed by atoms with Gasteiger partial charge in [-0.05, 0) is 25.8 Å². The zero-order valence-corrected chi connectivity index (χ0v) is 10.6. The summed E-state index contributed by atoms with van der Waals surface area (Å²) in [6, 6.07) is -0.156. The molecule has 0 aliphatic carbocycles. The van der Waals surface area contributed by atoms with Gasteiger partial charge in [0.1, 0.15) is 0 Å². The minimum absolute atomic E-state index is 0.0302. The first kappa shape index (κ1) is 13.9. The molecule has 0 aromatic rings. The molecule has 2 atom stereocenters. The van der Waals surface area contributed by atoms with Crippen LogP contribution < -0.4 is 11.1 Å². The first-order chi connectivity index (χ1) is 8.08. The molecular formula is C12H22N3O2+. The van der Waals surface area contributed by atoms with Crippen LogP contribution in [0.4, 0.5) is 0 Å². The van der Waals surface area contributed by atoms with Crippen LogP contribution >= 0.6 is 0 Å². The molecule has 5 heteroatoms. The van der Waals surface area contributed by atoms with Crippen molar-refractivity contribution >= 4 is 11.7 Å². The molecule has 1 aliphatic heterocycles. The summed E-state index contributed by atoms with van der Waals surface area (Å²) in [6.45, 7) is 2.93. The summed E-state index contributed by atoms with van der Waals surface area (Å²) in [5, 5.41) is 3.02. The fraction of sp³-hybridized carbons (Fsp3) is 0.667. The van der Waals surface area contributed by atoms with E-state index < -0.39 is 0 Å². The van der Waals surface area contributed by atoms with Crippen LogP contribution in [0.3, 0.4) is 0 Å². The van der Waals surface area contributed by atoms with Crippen LogP contribution in [0, 0.1) is 5.92 Å². The summed E-state index contributed by atoms with van der Waals surface area (Å²) in [5.74, 6) is 0.397. The predicted octanol–water partition coefficient (Wildman–Crippen LogP) is -0.842. The molecule has 0 spiro atoms. The van der Waals surface area contributed by atoms with Gasteiger partial charge < -0.3 is 16.0 Å². The monoisotopic (exact) mass is 240 g/mol. The van der Waals surface area contributed by atoms with Crippen LogP contribution in [0.2, 0.25) is 0 Å². The first-order valence-electron chi connectivity index (χ1n) is 6.03. The van der Waals surface area contributed by atoms with E-state index in [1.807, 2.05) is 0 Å². The maximum absolute atomic E-state index is 12.1. The zero-order valence-electron chi connectivity index (χ0n) is 10.6. The molecule has 1 fully saturated rings. The Morgan fingerprint density at radius 3 is 2.88 bits per heavy atom. The van der Waals surface area contributed by atoms with Crippen molar-refractivity contribution < 1.29 is 15.3 Å². The van der Waals surface area contributed by atoms with Gasteiger partial charge in [-0.2, -0.15) is 0 Å². The van der Waals surface area contributed by atoms with Crippen molar-refractivity contribution in [3.8, 4) is 0 Å². The minimum Gasteiger partial charge on any atom is -0.333 e. The summed E-state index contributed by atoms with van der Waals surface area (Å²) < 4.78 is 0. The molecule has 0 saturated carbocycles. The Labute approximate surface area is 102 Å². The number of nitrogens with one attached hydrogen (secondary N) is 1. The number of amides is 1. The molecule has 17 heavy (non-hydrogen) atoms. The summed E-state index contributed by atoms with van der Waals surface area (Å²) in [5.41, 5.74) is 3.49. The Morgan fingerprint density at radius 2 is 2.29 bits per heavy atom. The molecule has 0 aromatic carbocycles. The molecule has 96 valence electrons. The molecule has 1 heterocycles. The lowest BCUT2D eigenvalue weighted by atomic mass is 10.0. The smallest absolute Gasteiger partial charge is 0.240 e. The Bertz CT molecular complexity index is 315. The number of carbonyl (C=O) groups excluding carboxylic acids is 2. The molecular weight excluding hydrogens is 218 g/mol. The highest BCUT2D eigenvalue weighted by atomic mass is 16.2. The number of likely N-dealkylation sites (tertiary alicyclic amines) is 1. The second-order valence-electron chi connectivity index (χ2n) is 4.61. The molecule has 1 aliphatic rings. The van der Waals surface area contributed by atoms with Crippen molar-refractivity contribution in [3.05, 3.63) is 12.3 Å². The molecule has 0 radical (unpaired) electrons. The zero-order chi connectivity index (χ0) is 12.8. The van der Waals surface area contributed by atoms with Gasteiger partial charge in [-0.1, -0.05) is 6.92 Å². The number of nitrogens with zero attached hydrogens (tertiary/aromatic N) is 1. The average Bonchev–Trinajstić information content (AvgIpc) is 2.40. The maximum atomic E-state index is 12.1. The second kappa shape index (κ2) is 6.51. The normalized spacial score (nSPS) is 26.3. The van der Waals surface area contributed by atoms with E-state index >= 15 is 0 Å². The predicted molar refractivity (Wildman–Crippen MR) is 64.9 cm³/mol. The maximum Gasteiger partial charge on any atom is 0.240 e. The fourth-order valence-corrected chi connectivity index (χ4v) is 2.14. The number of ketones is 1. The fourth-order valence-electron chi connectivity index (χ4n) is 2.14. The molecule has 0 bridgehead atoms. The van der Waals surface area contributed by atoms with E-state index in [-0.39, 0.29) is 24.3 Å².